The number of phenols is 1. The van der Waals surface area contributed by atoms with Crippen molar-refractivity contribution < 1.29 is 9.90 Å². The lowest BCUT2D eigenvalue weighted by atomic mass is 9.94. The molecule has 2 rings (SSSR count). The summed E-state index contributed by atoms with van der Waals surface area (Å²) < 4.78 is 0. The number of hydrogen-bond donors (Lipinski definition) is 2. The zero-order valence-corrected chi connectivity index (χ0v) is 12.5. The third-order valence-electron chi connectivity index (χ3n) is 3.87. The Morgan fingerprint density at radius 3 is 2.85 bits per heavy atom. The zero-order chi connectivity index (χ0) is 14.5. The number of carbonyl (C=O) groups excluding carboxylic acids is 1. The fourth-order valence-electron chi connectivity index (χ4n) is 2.52. The van der Waals surface area contributed by atoms with Crippen LogP contribution in [-0.2, 0) is 0 Å². The van der Waals surface area contributed by atoms with E-state index in [-0.39, 0.29) is 11.7 Å². The Balaban J connectivity index is 1.79. The van der Waals surface area contributed by atoms with Gasteiger partial charge in [-0.3, -0.25) is 4.79 Å². The topological polar surface area (TPSA) is 52.6 Å². The molecular weight excluding hydrogens is 276 g/mol. The monoisotopic (exact) mass is 296 g/mol. The van der Waals surface area contributed by atoms with E-state index in [1.807, 2.05) is 0 Å². The smallest absolute Gasteiger partial charge is 0.252 e. The second-order valence-electron chi connectivity index (χ2n) is 5.46. The van der Waals surface area contributed by atoms with Crippen molar-refractivity contribution >= 4 is 17.5 Å². The molecule has 2 N–H and O–H groups in total. The summed E-state index contributed by atoms with van der Waals surface area (Å²) in [5.74, 6) is 0.514. The van der Waals surface area contributed by atoms with Crippen molar-refractivity contribution in [3.63, 3.8) is 0 Å². The van der Waals surface area contributed by atoms with Gasteiger partial charge in [-0.15, -0.1) is 0 Å². The molecule has 0 atom stereocenters. The molecule has 1 amide bonds. The highest BCUT2D eigenvalue weighted by Gasteiger charge is 2.17. The summed E-state index contributed by atoms with van der Waals surface area (Å²) >= 11 is 5.96. The normalized spacial score (nSPS) is 17.1. The molecule has 0 aliphatic carbocycles. The van der Waals surface area contributed by atoms with Gasteiger partial charge in [0.25, 0.3) is 5.91 Å². The third kappa shape index (κ3) is 4.12. The number of phenolic OH excluding ortho intramolecular Hbond substituents is 1. The zero-order valence-electron chi connectivity index (χ0n) is 11.7. The number of carbonyl (C=O) groups is 1. The van der Waals surface area contributed by atoms with Crippen LogP contribution >= 0.6 is 11.6 Å². The second kappa shape index (κ2) is 6.95. The van der Waals surface area contributed by atoms with E-state index in [9.17, 15) is 9.90 Å². The van der Waals surface area contributed by atoms with Crippen LogP contribution in [0.15, 0.2) is 18.2 Å². The van der Waals surface area contributed by atoms with E-state index in [0.29, 0.717) is 23.0 Å². The molecule has 0 radical (unpaired) electrons. The first-order valence-corrected chi connectivity index (χ1v) is 7.39. The first-order valence-electron chi connectivity index (χ1n) is 7.01. The van der Waals surface area contributed by atoms with E-state index in [2.05, 4.69) is 17.3 Å². The highest BCUT2D eigenvalue weighted by atomic mass is 35.5. The van der Waals surface area contributed by atoms with Gasteiger partial charge in [0.05, 0.1) is 10.6 Å². The number of nitrogens with zero attached hydrogens (tertiary/aromatic N) is 1. The van der Waals surface area contributed by atoms with Gasteiger partial charge in [-0.05, 0) is 63.5 Å². The molecule has 20 heavy (non-hydrogen) atoms. The van der Waals surface area contributed by atoms with E-state index in [4.69, 9.17) is 11.6 Å². The number of amides is 1. The fourth-order valence-corrected chi connectivity index (χ4v) is 2.73. The fraction of sp³-hybridized carbons (Fsp3) is 0.533. The summed E-state index contributed by atoms with van der Waals surface area (Å²) in [5.41, 5.74) is 0.329. The Morgan fingerprint density at radius 1 is 1.45 bits per heavy atom. The molecule has 0 spiro atoms. The van der Waals surface area contributed by atoms with Gasteiger partial charge in [0.15, 0.2) is 0 Å². The average molecular weight is 297 g/mol. The summed E-state index contributed by atoms with van der Waals surface area (Å²) in [6, 6.07) is 4.40. The Hall–Kier alpha value is -1.26. The molecule has 0 bridgehead atoms. The molecule has 4 nitrogen and oxygen atoms in total. The van der Waals surface area contributed by atoms with Crippen molar-refractivity contribution in [1.29, 1.82) is 0 Å². The van der Waals surface area contributed by atoms with Gasteiger partial charge in [-0.1, -0.05) is 11.6 Å². The number of likely N-dealkylation sites (tertiary alicyclic amines) is 1. The van der Waals surface area contributed by atoms with E-state index < -0.39 is 0 Å². The molecule has 1 aromatic rings. The van der Waals surface area contributed by atoms with Crippen molar-refractivity contribution in [1.82, 2.24) is 10.2 Å². The van der Waals surface area contributed by atoms with Gasteiger partial charge in [-0.2, -0.15) is 0 Å². The Morgan fingerprint density at radius 2 is 2.15 bits per heavy atom. The maximum absolute atomic E-state index is 12.0. The van der Waals surface area contributed by atoms with Crippen molar-refractivity contribution in [2.75, 3.05) is 26.7 Å². The van der Waals surface area contributed by atoms with Crippen LogP contribution in [0, 0.1) is 5.92 Å². The van der Waals surface area contributed by atoms with E-state index in [0.717, 1.165) is 19.5 Å². The van der Waals surface area contributed by atoms with Gasteiger partial charge in [0.2, 0.25) is 0 Å². The molecule has 1 heterocycles. The lowest BCUT2D eigenvalue weighted by Crippen LogP contribution is -2.32. The molecule has 0 aromatic heterocycles. The molecule has 1 aliphatic rings. The predicted octanol–water partition coefficient (Wildman–Crippen LogP) is 2.51. The maximum atomic E-state index is 12.0. The largest absolute Gasteiger partial charge is 0.508 e. The number of aromatic hydroxyl groups is 1. The van der Waals surface area contributed by atoms with Crippen LogP contribution in [0.5, 0.6) is 5.75 Å². The molecule has 0 unspecified atom stereocenters. The minimum Gasteiger partial charge on any atom is -0.508 e. The molecule has 0 saturated carbocycles. The number of hydrogen-bond acceptors (Lipinski definition) is 3. The van der Waals surface area contributed by atoms with Crippen LogP contribution < -0.4 is 5.32 Å². The summed E-state index contributed by atoms with van der Waals surface area (Å²) in [7, 11) is 2.14. The Kier molecular flexibility index (Phi) is 5.26. The minimum absolute atomic E-state index is 0.0508. The van der Waals surface area contributed by atoms with Crippen LogP contribution in [0.2, 0.25) is 5.02 Å². The molecule has 1 fully saturated rings. The molecule has 110 valence electrons. The lowest BCUT2D eigenvalue weighted by Gasteiger charge is -2.28. The number of piperidine rings is 1. The van der Waals surface area contributed by atoms with E-state index in [1.165, 1.54) is 31.0 Å². The summed E-state index contributed by atoms with van der Waals surface area (Å²) in [6.45, 7) is 2.92. The van der Waals surface area contributed by atoms with E-state index in [1.54, 1.807) is 0 Å². The summed E-state index contributed by atoms with van der Waals surface area (Å²) in [4.78, 5) is 14.3. The van der Waals surface area contributed by atoms with E-state index >= 15 is 0 Å². The van der Waals surface area contributed by atoms with Gasteiger partial charge >= 0.3 is 0 Å². The Bertz CT molecular complexity index is 471. The highest BCUT2D eigenvalue weighted by Crippen LogP contribution is 2.21. The van der Waals surface area contributed by atoms with Crippen LogP contribution in [-0.4, -0.2) is 42.6 Å². The highest BCUT2D eigenvalue weighted by molar-refractivity contribution is 6.33. The molecular formula is C15H21ClN2O2. The Labute approximate surface area is 124 Å². The molecule has 1 aromatic carbocycles. The van der Waals surface area contributed by atoms with Crippen LogP contribution in [0.3, 0.4) is 0 Å². The van der Waals surface area contributed by atoms with Crippen molar-refractivity contribution in [3.05, 3.63) is 28.8 Å². The number of halogens is 1. The molecule has 1 aliphatic heterocycles. The standard InChI is InChI=1S/C15H21ClN2O2/c1-18-8-5-11(6-9-18)4-7-17-15(20)13-10-12(19)2-3-14(13)16/h2-3,10-11,19H,4-9H2,1H3,(H,17,20). The summed E-state index contributed by atoms with van der Waals surface area (Å²) in [6.07, 6.45) is 3.38. The minimum atomic E-state index is -0.223. The number of benzene rings is 1. The first kappa shape index (κ1) is 15.1. The van der Waals surface area contributed by atoms with Gasteiger partial charge in [0.1, 0.15) is 5.75 Å². The van der Waals surface area contributed by atoms with Gasteiger partial charge in [0, 0.05) is 6.54 Å². The predicted molar refractivity (Wildman–Crippen MR) is 80.3 cm³/mol. The van der Waals surface area contributed by atoms with Gasteiger partial charge in [-0.25, -0.2) is 0 Å². The van der Waals surface area contributed by atoms with Crippen LogP contribution in [0.25, 0.3) is 0 Å². The van der Waals surface area contributed by atoms with Crippen LogP contribution in [0.1, 0.15) is 29.6 Å². The molecule has 5 heteroatoms. The quantitative estimate of drug-likeness (QED) is 0.897. The molecule has 1 saturated heterocycles. The van der Waals surface area contributed by atoms with Crippen molar-refractivity contribution in [3.8, 4) is 5.75 Å². The van der Waals surface area contributed by atoms with Crippen molar-refractivity contribution in [2.24, 2.45) is 5.92 Å². The average Bonchev–Trinajstić information content (AvgIpc) is 2.43. The third-order valence-corrected chi connectivity index (χ3v) is 4.20. The number of nitrogens with one attached hydrogen (secondary N) is 1. The summed E-state index contributed by atoms with van der Waals surface area (Å²) in [5, 5.41) is 12.6. The van der Waals surface area contributed by atoms with Crippen molar-refractivity contribution in [2.45, 2.75) is 19.3 Å². The first-order chi connectivity index (χ1) is 9.56. The second-order valence-corrected chi connectivity index (χ2v) is 5.86. The number of rotatable bonds is 4. The maximum Gasteiger partial charge on any atom is 0.252 e. The lowest BCUT2D eigenvalue weighted by molar-refractivity contribution is 0.0948. The van der Waals surface area contributed by atoms with Crippen LogP contribution in [0.4, 0.5) is 0 Å². The van der Waals surface area contributed by atoms with Gasteiger partial charge < -0.3 is 15.3 Å². The SMILES string of the molecule is CN1CCC(CCNC(=O)c2cc(O)ccc2Cl)CC1.